The SMILES string of the molecule is C=C[Si](C)(C)Oc1ccc(O[Si](C)(C)C=C)c(O[Si](C)(C)C=C)c1. The summed E-state index contributed by atoms with van der Waals surface area (Å²) in [6.07, 6.45) is 0. The Labute approximate surface area is 150 Å². The fourth-order valence-corrected chi connectivity index (χ4v) is 4.16. The van der Waals surface area contributed by atoms with Crippen molar-refractivity contribution in [2.45, 2.75) is 39.3 Å². The first-order chi connectivity index (χ1) is 10.9. The van der Waals surface area contributed by atoms with E-state index >= 15 is 0 Å². The predicted octanol–water partition coefficient (Wildman–Crippen LogP) is 5.61. The maximum absolute atomic E-state index is 6.25. The highest BCUT2D eigenvalue weighted by Crippen LogP contribution is 2.36. The van der Waals surface area contributed by atoms with E-state index in [2.05, 4.69) is 59.0 Å². The molecular weight excluding hydrogens is 348 g/mol. The lowest BCUT2D eigenvalue weighted by Gasteiger charge is -2.28. The maximum Gasteiger partial charge on any atom is 0.269 e. The zero-order valence-corrected chi connectivity index (χ0v) is 18.8. The minimum absolute atomic E-state index is 0.709. The predicted molar refractivity (Wildman–Crippen MR) is 111 cm³/mol. The Kier molecular flexibility index (Phi) is 6.49. The number of hydrogen-bond donors (Lipinski definition) is 0. The van der Waals surface area contributed by atoms with Crippen LogP contribution in [0.4, 0.5) is 0 Å². The van der Waals surface area contributed by atoms with E-state index in [0.29, 0.717) is 5.75 Å². The lowest BCUT2D eigenvalue weighted by molar-refractivity contribution is 0.486. The molecule has 0 atom stereocenters. The van der Waals surface area contributed by atoms with Crippen LogP contribution in [0.1, 0.15) is 0 Å². The highest BCUT2D eigenvalue weighted by Gasteiger charge is 2.27. The minimum Gasteiger partial charge on any atom is -0.540 e. The Morgan fingerprint density at radius 1 is 0.667 bits per heavy atom. The van der Waals surface area contributed by atoms with Crippen LogP contribution in [0, 0.1) is 0 Å². The molecule has 0 aromatic heterocycles. The summed E-state index contributed by atoms with van der Waals surface area (Å²) in [6, 6.07) is 5.76. The Morgan fingerprint density at radius 2 is 1.08 bits per heavy atom. The Hall–Kier alpha value is -1.51. The standard InChI is InChI=1S/C18H30O3Si3/c1-10-22(4,5)19-16-13-14-17(20-23(6,7)11-2)18(15-16)21-24(8,9)12-3/h10-15H,1-3H2,4-9H3. The van der Waals surface area contributed by atoms with Crippen molar-refractivity contribution in [2.75, 3.05) is 0 Å². The van der Waals surface area contributed by atoms with Crippen LogP contribution in [0.5, 0.6) is 17.2 Å². The monoisotopic (exact) mass is 378 g/mol. The lowest BCUT2D eigenvalue weighted by atomic mass is 10.3. The molecule has 0 aliphatic heterocycles. The molecule has 3 nitrogen and oxygen atoms in total. The summed E-state index contributed by atoms with van der Waals surface area (Å²) in [5.74, 6) is 2.22. The van der Waals surface area contributed by atoms with Crippen LogP contribution in [0.15, 0.2) is 55.0 Å². The first kappa shape index (κ1) is 20.5. The van der Waals surface area contributed by atoms with Crippen molar-refractivity contribution >= 4 is 25.0 Å². The van der Waals surface area contributed by atoms with Gasteiger partial charge in [-0.3, -0.25) is 0 Å². The average molecular weight is 379 g/mol. The molecule has 0 heterocycles. The van der Waals surface area contributed by atoms with Crippen molar-refractivity contribution in [1.29, 1.82) is 0 Å². The summed E-state index contributed by atoms with van der Waals surface area (Å²) in [5.41, 5.74) is 5.72. The summed E-state index contributed by atoms with van der Waals surface area (Å²) in [4.78, 5) is 0. The molecule has 0 N–H and O–H groups in total. The molecule has 6 heteroatoms. The molecule has 0 saturated carbocycles. The molecular formula is C18H30O3Si3. The van der Waals surface area contributed by atoms with E-state index in [9.17, 15) is 0 Å². The maximum atomic E-state index is 6.25. The van der Waals surface area contributed by atoms with Gasteiger partial charge in [-0.1, -0.05) is 17.1 Å². The second kappa shape index (κ2) is 7.59. The van der Waals surface area contributed by atoms with Gasteiger partial charge in [0.25, 0.3) is 25.0 Å². The zero-order valence-electron chi connectivity index (χ0n) is 15.8. The number of hydrogen-bond acceptors (Lipinski definition) is 3. The molecule has 0 unspecified atom stereocenters. The van der Waals surface area contributed by atoms with Crippen LogP contribution >= 0.6 is 0 Å². The van der Waals surface area contributed by atoms with Crippen LogP contribution in [-0.2, 0) is 0 Å². The molecule has 0 fully saturated rings. The molecule has 1 aromatic rings. The zero-order chi connectivity index (χ0) is 18.6. The van der Waals surface area contributed by atoms with E-state index in [1.807, 2.05) is 35.3 Å². The molecule has 0 radical (unpaired) electrons. The van der Waals surface area contributed by atoms with Crippen molar-refractivity contribution in [3.8, 4) is 17.2 Å². The molecule has 0 bridgehead atoms. The summed E-state index contributed by atoms with van der Waals surface area (Å²) in [5, 5.41) is 0. The largest absolute Gasteiger partial charge is 0.540 e. The molecule has 0 aliphatic carbocycles. The summed E-state index contributed by atoms with van der Waals surface area (Å²) < 4.78 is 18.6. The first-order valence-corrected chi connectivity index (χ1v) is 17.0. The minimum atomic E-state index is -2.02. The van der Waals surface area contributed by atoms with Gasteiger partial charge in [-0.05, 0) is 51.4 Å². The number of rotatable bonds is 9. The van der Waals surface area contributed by atoms with Crippen LogP contribution in [0.2, 0.25) is 39.3 Å². The molecule has 1 aromatic carbocycles. The van der Waals surface area contributed by atoms with Crippen molar-refractivity contribution < 1.29 is 13.3 Å². The Balaban J connectivity index is 3.26. The Bertz CT molecular complexity index is 622. The third-order valence-electron chi connectivity index (χ3n) is 3.52. The molecule has 0 saturated heterocycles. The number of benzene rings is 1. The molecule has 24 heavy (non-hydrogen) atoms. The lowest BCUT2D eigenvalue weighted by Crippen LogP contribution is -2.34. The normalized spacial score (nSPS) is 12.2. The van der Waals surface area contributed by atoms with Crippen LogP contribution in [0.3, 0.4) is 0 Å². The Morgan fingerprint density at radius 3 is 1.54 bits per heavy atom. The van der Waals surface area contributed by atoms with E-state index in [-0.39, 0.29) is 0 Å². The van der Waals surface area contributed by atoms with Crippen molar-refractivity contribution in [1.82, 2.24) is 0 Å². The van der Waals surface area contributed by atoms with Gasteiger partial charge in [0.2, 0.25) is 0 Å². The smallest absolute Gasteiger partial charge is 0.269 e. The van der Waals surface area contributed by atoms with Gasteiger partial charge in [-0.15, -0.1) is 19.7 Å². The van der Waals surface area contributed by atoms with Crippen LogP contribution in [-0.4, -0.2) is 25.0 Å². The van der Waals surface area contributed by atoms with E-state index in [1.165, 1.54) is 0 Å². The van der Waals surface area contributed by atoms with E-state index in [0.717, 1.165) is 11.5 Å². The quantitative estimate of drug-likeness (QED) is 0.522. The van der Waals surface area contributed by atoms with Gasteiger partial charge in [0.1, 0.15) is 17.2 Å². The third kappa shape index (κ3) is 6.18. The van der Waals surface area contributed by atoms with Gasteiger partial charge < -0.3 is 13.3 Å². The van der Waals surface area contributed by atoms with Gasteiger partial charge in [-0.2, -0.15) is 0 Å². The molecule has 0 aliphatic rings. The fourth-order valence-electron chi connectivity index (χ4n) is 1.71. The van der Waals surface area contributed by atoms with Crippen LogP contribution in [0.25, 0.3) is 0 Å². The summed E-state index contributed by atoms with van der Waals surface area (Å²) >= 11 is 0. The average Bonchev–Trinajstić information content (AvgIpc) is 2.49. The van der Waals surface area contributed by atoms with Gasteiger partial charge >= 0.3 is 0 Å². The van der Waals surface area contributed by atoms with E-state index in [1.54, 1.807) is 0 Å². The van der Waals surface area contributed by atoms with Crippen molar-refractivity contribution in [3.63, 3.8) is 0 Å². The van der Waals surface area contributed by atoms with Crippen LogP contribution < -0.4 is 13.3 Å². The van der Waals surface area contributed by atoms with Gasteiger partial charge in [0.15, 0.2) is 0 Å². The van der Waals surface area contributed by atoms with Gasteiger partial charge in [-0.25, -0.2) is 0 Å². The van der Waals surface area contributed by atoms with Crippen molar-refractivity contribution in [2.24, 2.45) is 0 Å². The van der Waals surface area contributed by atoms with Gasteiger partial charge in [0.05, 0.1) is 0 Å². The van der Waals surface area contributed by atoms with Gasteiger partial charge in [0, 0.05) is 6.07 Å². The highest BCUT2D eigenvalue weighted by molar-refractivity contribution is 6.77. The van der Waals surface area contributed by atoms with E-state index in [4.69, 9.17) is 13.3 Å². The molecule has 1 rings (SSSR count). The third-order valence-corrected chi connectivity index (χ3v) is 8.72. The fraction of sp³-hybridized carbons (Fsp3) is 0.333. The molecule has 0 amide bonds. The molecule has 0 spiro atoms. The highest BCUT2D eigenvalue weighted by atomic mass is 28.4. The summed E-state index contributed by atoms with van der Waals surface area (Å²) in [6.45, 7) is 24.2. The van der Waals surface area contributed by atoms with E-state index < -0.39 is 25.0 Å². The molecule has 132 valence electrons. The summed E-state index contributed by atoms with van der Waals surface area (Å²) in [7, 11) is -5.92. The first-order valence-electron chi connectivity index (χ1n) is 8.05. The topological polar surface area (TPSA) is 27.7 Å². The second-order valence-electron chi connectivity index (χ2n) is 7.34. The van der Waals surface area contributed by atoms with Crippen molar-refractivity contribution in [3.05, 3.63) is 55.0 Å². The second-order valence-corrected chi connectivity index (χ2v) is 18.8.